The Hall–Kier alpha value is -1.79. The highest BCUT2D eigenvalue weighted by atomic mass is 32.2. The monoisotopic (exact) mass is 295 g/mol. The molecule has 0 aliphatic rings. The Bertz CT molecular complexity index is 662. The summed E-state index contributed by atoms with van der Waals surface area (Å²) >= 11 is 0. The standard InChI is InChI=1S/C14H17NO4S/c1-11-10-13(5-6-14(11)18-2)20(16,17)15-8-7-12-4-3-9-19-12/h3-6,9-10,15H,7-8H2,1-2H3. The van der Waals surface area contributed by atoms with E-state index in [-0.39, 0.29) is 4.90 Å². The van der Waals surface area contributed by atoms with Crippen LogP contribution in [-0.4, -0.2) is 22.1 Å². The Kier molecular flexibility index (Phi) is 4.46. The van der Waals surface area contributed by atoms with Gasteiger partial charge in [0, 0.05) is 13.0 Å². The van der Waals surface area contributed by atoms with Crippen molar-refractivity contribution in [1.29, 1.82) is 0 Å². The Morgan fingerprint density at radius 1 is 1.30 bits per heavy atom. The summed E-state index contributed by atoms with van der Waals surface area (Å²) in [4.78, 5) is 0.232. The minimum Gasteiger partial charge on any atom is -0.496 e. The highest BCUT2D eigenvalue weighted by molar-refractivity contribution is 7.89. The van der Waals surface area contributed by atoms with Crippen LogP contribution in [0, 0.1) is 6.92 Å². The molecular formula is C14H17NO4S. The molecule has 2 rings (SSSR count). The number of rotatable bonds is 6. The third kappa shape index (κ3) is 3.40. The van der Waals surface area contributed by atoms with Crippen molar-refractivity contribution >= 4 is 10.0 Å². The van der Waals surface area contributed by atoms with Crippen molar-refractivity contribution in [2.24, 2.45) is 0 Å². The van der Waals surface area contributed by atoms with Crippen LogP contribution in [0.3, 0.4) is 0 Å². The summed E-state index contributed by atoms with van der Waals surface area (Å²) in [6.45, 7) is 2.10. The molecular weight excluding hydrogens is 278 g/mol. The van der Waals surface area contributed by atoms with Crippen LogP contribution in [0.2, 0.25) is 0 Å². The summed E-state index contributed by atoms with van der Waals surface area (Å²) in [5.74, 6) is 1.41. The lowest BCUT2D eigenvalue weighted by molar-refractivity contribution is 0.411. The first-order chi connectivity index (χ1) is 9.53. The lowest BCUT2D eigenvalue weighted by Gasteiger charge is -2.09. The highest BCUT2D eigenvalue weighted by Crippen LogP contribution is 2.21. The van der Waals surface area contributed by atoms with Crippen LogP contribution >= 0.6 is 0 Å². The summed E-state index contributed by atoms with van der Waals surface area (Å²) in [7, 11) is -1.95. The fourth-order valence-electron chi connectivity index (χ4n) is 1.86. The first-order valence-electron chi connectivity index (χ1n) is 6.19. The number of furan rings is 1. The average molecular weight is 295 g/mol. The molecule has 0 aliphatic heterocycles. The van der Waals surface area contributed by atoms with Crippen LogP contribution < -0.4 is 9.46 Å². The molecule has 108 valence electrons. The maximum Gasteiger partial charge on any atom is 0.240 e. The maximum absolute atomic E-state index is 12.1. The van der Waals surface area contributed by atoms with Crippen LogP contribution in [0.5, 0.6) is 5.75 Å². The molecule has 1 aromatic heterocycles. The van der Waals surface area contributed by atoms with Gasteiger partial charge in [-0.25, -0.2) is 13.1 Å². The Balaban J connectivity index is 2.04. The first kappa shape index (κ1) is 14.6. The van der Waals surface area contributed by atoms with E-state index < -0.39 is 10.0 Å². The molecule has 5 nitrogen and oxygen atoms in total. The number of nitrogens with one attached hydrogen (secondary N) is 1. The van der Waals surface area contributed by atoms with E-state index in [1.807, 2.05) is 6.07 Å². The van der Waals surface area contributed by atoms with Gasteiger partial charge in [0.2, 0.25) is 10.0 Å². The third-order valence-corrected chi connectivity index (χ3v) is 4.38. The molecule has 20 heavy (non-hydrogen) atoms. The van der Waals surface area contributed by atoms with Crippen molar-refractivity contribution in [1.82, 2.24) is 4.72 Å². The van der Waals surface area contributed by atoms with Gasteiger partial charge in [-0.1, -0.05) is 0 Å². The molecule has 0 fully saturated rings. The molecule has 0 radical (unpaired) electrons. The molecule has 1 aromatic carbocycles. The van der Waals surface area contributed by atoms with Gasteiger partial charge < -0.3 is 9.15 Å². The molecule has 0 saturated heterocycles. The normalized spacial score (nSPS) is 11.5. The first-order valence-corrected chi connectivity index (χ1v) is 7.68. The molecule has 1 heterocycles. The maximum atomic E-state index is 12.1. The molecule has 0 saturated carbocycles. The molecule has 0 amide bonds. The number of methoxy groups -OCH3 is 1. The predicted molar refractivity (Wildman–Crippen MR) is 75.3 cm³/mol. The lowest BCUT2D eigenvalue weighted by Crippen LogP contribution is -2.26. The number of sulfonamides is 1. The predicted octanol–water partition coefficient (Wildman–Crippen LogP) is 2.12. The van der Waals surface area contributed by atoms with Crippen LogP contribution in [0.1, 0.15) is 11.3 Å². The Morgan fingerprint density at radius 3 is 2.70 bits per heavy atom. The van der Waals surface area contributed by atoms with E-state index in [0.29, 0.717) is 18.7 Å². The molecule has 0 unspecified atom stereocenters. The third-order valence-electron chi connectivity index (χ3n) is 2.92. The summed E-state index contributed by atoms with van der Waals surface area (Å²) in [5.41, 5.74) is 0.779. The summed E-state index contributed by atoms with van der Waals surface area (Å²) in [6, 6.07) is 8.36. The van der Waals surface area contributed by atoms with Crippen molar-refractivity contribution < 1.29 is 17.6 Å². The van der Waals surface area contributed by atoms with Crippen molar-refractivity contribution in [3.8, 4) is 5.75 Å². The number of hydrogen-bond donors (Lipinski definition) is 1. The second-order valence-electron chi connectivity index (χ2n) is 4.36. The van der Waals surface area contributed by atoms with Gasteiger partial charge in [0.25, 0.3) is 0 Å². The second kappa shape index (κ2) is 6.11. The van der Waals surface area contributed by atoms with Gasteiger partial charge in [-0.2, -0.15) is 0 Å². The van der Waals surface area contributed by atoms with E-state index in [9.17, 15) is 8.42 Å². The van der Waals surface area contributed by atoms with Crippen molar-refractivity contribution in [3.63, 3.8) is 0 Å². The second-order valence-corrected chi connectivity index (χ2v) is 6.13. The van der Waals surface area contributed by atoms with Crippen LogP contribution in [0.25, 0.3) is 0 Å². The van der Waals surface area contributed by atoms with Gasteiger partial charge in [0.15, 0.2) is 0 Å². The molecule has 0 spiro atoms. The molecule has 1 N–H and O–H groups in total. The van der Waals surface area contributed by atoms with Gasteiger partial charge in [0.1, 0.15) is 11.5 Å². The van der Waals surface area contributed by atoms with Gasteiger partial charge in [-0.3, -0.25) is 0 Å². The smallest absolute Gasteiger partial charge is 0.240 e. The van der Waals surface area contributed by atoms with Crippen LogP contribution in [-0.2, 0) is 16.4 Å². The molecule has 0 bridgehead atoms. The van der Waals surface area contributed by atoms with E-state index in [1.54, 1.807) is 38.5 Å². The number of benzene rings is 1. The SMILES string of the molecule is COc1ccc(S(=O)(=O)NCCc2ccco2)cc1C. The molecule has 2 aromatic rings. The van der Waals surface area contributed by atoms with E-state index in [1.165, 1.54) is 6.07 Å². The topological polar surface area (TPSA) is 68.5 Å². The fourth-order valence-corrected chi connectivity index (χ4v) is 2.98. The van der Waals surface area contributed by atoms with Crippen molar-refractivity contribution in [2.75, 3.05) is 13.7 Å². The van der Waals surface area contributed by atoms with Gasteiger partial charge >= 0.3 is 0 Å². The minimum absolute atomic E-state index is 0.232. The lowest BCUT2D eigenvalue weighted by atomic mass is 10.2. The van der Waals surface area contributed by atoms with Crippen molar-refractivity contribution in [3.05, 3.63) is 47.9 Å². The number of aryl methyl sites for hydroxylation is 1. The van der Waals surface area contributed by atoms with Gasteiger partial charge in [-0.05, 0) is 42.8 Å². The zero-order chi connectivity index (χ0) is 14.6. The van der Waals surface area contributed by atoms with E-state index in [4.69, 9.17) is 9.15 Å². The molecule has 0 atom stereocenters. The van der Waals surface area contributed by atoms with Crippen LogP contribution in [0.4, 0.5) is 0 Å². The molecule has 6 heteroatoms. The Labute approximate surface area is 118 Å². The number of hydrogen-bond acceptors (Lipinski definition) is 4. The van der Waals surface area contributed by atoms with Gasteiger partial charge in [-0.15, -0.1) is 0 Å². The van der Waals surface area contributed by atoms with Crippen molar-refractivity contribution in [2.45, 2.75) is 18.2 Å². The minimum atomic E-state index is -3.51. The fraction of sp³-hybridized carbons (Fsp3) is 0.286. The molecule has 0 aliphatic carbocycles. The highest BCUT2D eigenvalue weighted by Gasteiger charge is 2.15. The van der Waals surface area contributed by atoms with Crippen LogP contribution in [0.15, 0.2) is 45.9 Å². The summed E-state index contributed by atoms with van der Waals surface area (Å²) < 4.78 is 37.1. The van der Waals surface area contributed by atoms with E-state index >= 15 is 0 Å². The number of ether oxygens (including phenoxy) is 1. The summed E-state index contributed by atoms with van der Waals surface area (Å²) in [6.07, 6.45) is 2.08. The average Bonchev–Trinajstić information content (AvgIpc) is 2.91. The largest absolute Gasteiger partial charge is 0.496 e. The van der Waals surface area contributed by atoms with E-state index in [2.05, 4.69) is 4.72 Å². The van der Waals surface area contributed by atoms with E-state index in [0.717, 1.165) is 11.3 Å². The summed E-state index contributed by atoms with van der Waals surface area (Å²) in [5, 5.41) is 0. The quantitative estimate of drug-likeness (QED) is 0.886. The Morgan fingerprint density at radius 2 is 2.10 bits per heavy atom. The zero-order valence-electron chi connectivity index (χ0n) is 11.4. The van der Waals surface area contributed by atoms with Gasteiger partial charge in [0.05, 0.1) is 18.3 Å². The zero-order valence-corrected chi connectivity index (χ0v) is 12.2.